The van der Waals surface area contributed by atoms with Crippen LogP contribution < -0.4 is 0 Å². The van der Waals surface area contributed by atoms with Crippen LogP contribution >= 0.6 is 24.4 Å². The summed E-state index contributed by atoms with van der Waals surface area (Å²) in [7, 11) is 4.50. The molecule has 3 rings (SSSR count). The zero-order valence-corrected chi connectivity index (χ0v) is 15.0. The van der Waals surface area contributed by atoms with Gasteiger partial charge in [-0.15, -0.1) is 0 Å². The molecule has 0 unspecified atom stereocenters. The highest BCUT2D eigenvalue weighted by Gasteiger charge is 2.17. The molecule has 0 fully saturated rings. The molecule has 1 radical (unpaired) electrons. The molecular formula is C12H16BN6S3. The monoisotopic (exact) mass is 351 g/mol. The van der Waals surface area contributed by atoms with E-state index in [1.54, 1.807) is 0 Å². The van der Waals surface area contributed by atoms with E-state index < -0.39 is 7.12 Å². The Morgan fingerprint density at radius 3 is 1.45 bits per heavy atom. The summed E-state index contributed by atoms with van der Waals surface area (Å²) in [4.78, 5) is 0. The lowest BCUT2D eigenvalue weighted by molar-refractivity contribution is 0.819. The molecule has 115 valence electrons. The van der Waals surface area contributed by atoms with Crippen molar-refractivity contribution in [3.05, 3.63) is 51.5 Å². The number of imidazole rings is 3. The molecule has 6 nitrogen and oxygen atoms in total. The molecule has 0 aliphatic rings. The number of hydrogen-bond donors (Lipinski definition) is 0. The van der Waals surface area contributed by atoms with Crippen molar-refractivity contribution in [2.45, 2.75) is 0 Å². The highest BCUT2D eigenvalue weighted by molar-refractivity contribution is 7.71. The van der Waals surface area contributed by atoms with E-state index in [1.165, 1.54) is 0 Å². The predicted octanol–water partition coefficient (Wildman–Crippen LogP) is 1.31. The maximum atomic E-state index is 5.54. The summed E-state index contributed by atoms with van der Waals surface area (Å²) in [5, 5.41) is 0. The van der Waals surface area contributed by atoms with Gasteiger partial charge in [-0.3, -0.25) is 4.57 Å². The van der Waals surface area contributed by atoms with Crippen LogP contribution in [0.15, 0.2) is 37.2 Å². The maximum absolute atomic E-state index is 5.54. The highest BCUT2D eigenvalue weighted by Crippen LogP contribution is 2.07. The highest BCUT2D eigenvalue weighted by atomic mass is 32.1. The van der Waals surface area contributed by atoms with Gasteiger partial charge in [0.2, 0.25) is 0 Å². The minimum Gasteiger partial charge on any atom is -0.463 e. The topological polar surface area (TPSA) is 29.6 Å². The number of aryl methyl sites for hydroxylation is 3. The third-order valence-electron chi connectivity index (χ3n) is 3.97. The van der Waals surface area contributed by atoms with Gasteiger partial charge in [-0.1, -0.05) is 0 Å². The average molecular weight is 351 g/mol. The van der Waals surface area contributed by atoms with Crippen LogP contribution in [-0.4, -0.2) is 34.3 Å². The van der Waals surface area contributed by atoms with Gasteiger partial charge in [0.05, 0.1) is 0 Å². The minimum absolute atomic E-state index is 0.733. The summed E-state index contributed by atoms with van der Waals surface area (Å²) in [5.74, 6) is 0. The van der Waals surface area contributed by atoms with Crippen LogP contribution in [0.5, 0.6) is 0 Å². The van der Waals surface area contributed by atoms with Crippen molar-refractivity contribution in [1.82, 2.24) is 27.1 Å². The molecule has 10 heteroatoms. The van der Waals surface area contributed by atoms with E-state index in [-0.39, 0.29) is 0 Å². The van der Waals surface area contributed by atoms with Crippen LogP contribution in [-0.2, 0) is 33.4 Å². The van der Waals surface area contributed by atoms with Crippen molar-refractivity contribution in [1.29, 1.82) is 0 Å². The molecule has 3 aromatic rings. The summed E-state index contributed by atoms with van der Waals surface area (Å²) in [6, 6.07) is 0. The van der Waals surface area contributed by atoms with Gasteiger partial charge in [-0.25, -0.2) is 0 Å². The second-order valence-electron chi connectivity index (χ2n) is 5.41. The van der Waals surface area contributed by atoms with Gasteiger partial charge in [0.1, 0.15) is 9.54 Å². The zero-order chi connectivity index (χ0) is 16.0. The molecule has 0 saturated carbocycles. The Labute approximate surface area is 143 Å². The van der Waals surface area contributed by atoms with E-state index in [4.69, 9.17) is 36.7 Å². The minimum atomic E-state index is -1.30. The van der Waals surface area contributed by atoms with Crippen molar-refractivity contribution in [2.75, 3.05) is 0 Å². The predicted molar refractivity (Wildman–Crippen MR) is 95.8 cm³/mol. The van der Waals surface area contributed by atoms with Gasteiger partial charge in [0, 0.05) is 39.7 Å². The number of hydrogen-bond acceptors (Lipinski definition) is 3. The molecule has 0 aromatic carbocycles. The Bertz CT molecular complexity index is 868. The average Bonchev–Trinajstić information content (AvgIpc) is 3.10. The molecule has 0 spiro atoms. The van der Waals surface area contributed by atoms with E-state index in [9.17, 15) is 0 Å². The third kappa shape index (κ3) is 2.27. The van der Waals surface area contributed by atoms with Gasteiger partial charge in [-0.2, -0.15) is 0 Å². The van der Waals surface area contributed by atoms with Gasteiger partial charge in [0.15, 0.2) is 0 Å². The maximum Gasteiger partial charge on any atom is 0.574 e. The summed E-state index contributed by atoms with van der Waals surface area (Å²) in [6.45, 7) is 0. The van der Waals surface area contributed by atoms with Crippen molar-refractivity contribution in [3.8, 4) is 0 Å². The van der Waals surface area contributed by atoms with Gasteiger partial charge in [0.25, 0.3) is 7.12 Å². The van der Waals surface area contributed by atoms with Crippen LogP contribution in [0.2, 0.25) is 0 Å². The van der Waals surface area contributed by atoms with E-state index >= 15 is 0 Å². The Morgan fingerprint density at radius 2 is 1.14 bits per heavy atom. The van der Waals surface area contributed by atoms with Crippen LogP contribution in [0.1, 0.15) is 0 Å². The SMILES string of the molecule is Cn1ccn([BH-](n2ccn(C)c2=S)n2ccn(C)c2=[S+])c1=S. The summed E-state index contributed by atoms with van der Waals surface area (Å²) in [5.41, 5.74) is 0. The third-order valence-corrected chi connectivity index (χ3v) is 5.53. The van der Waals surface area contributed by atoms with E-state index in [0.29, 0.717) is 0 Å². The Morgan fingerprint density at radius 1 is 0.727 bits per heavy atom. The van der Waals surface area contributed by atoms with Crippen LogP contribution in [0.3, 0.4) is 0 Å². The largest absolute Gasteiger partial charge is 0.574 e. The molecule has 0 bridgehead atoms. The Kier molecular flexibility index (Phi) is 3.83. The lowest BCUT2D eigenvalue weighted by atomic mass is 9.92. The molecular weight excluding hydrogens is 335 g/mol. The molecule has 0 atom stereocenters. The molecule has 0 amide bonds. The number of nitrogens with zero attached hydrogens (tertiary/aromatic N) is 6. The van der Waals surface area contributed by atoms with Gasteiger partial charge < -0.3 is 22.6 Å². The van der Waals surface area contributed by atoms with Crippen LogP contribution in [0, 0.1) is 14.3 Å². The fourth-order valence-electron chi connectivity index (χ4n) is 2.67. The number of aromatic nitrogens is 6. The lowest BCUT2D eigenvalue weighted by Gasteiger charge is -2.28. The zero-order valence-electron chi connectivity index (χ0n) is 12.6. The molecule has 22 heavy (non-hydrogen) atoms. The quantitative estimate of drug-likeness (QED) is 0.405. The van der Waals surface area contributed by atoms with Crippen molar-refractivity contribution in [2.24, 2.45) is 21.1 Å². The van der Waals surface area contributed by atoms with Crippen molar-refractivity contribution < 1.29 is 0 Å². The molecule has 0 aliphatic carbocycles. The first-order valence-electron chi connectivity index (χ1n) is 6.79. The first-order valence-corrected chi connectivity index (χ1v) is 8.02. The van der Waals surface area contributed by atoms with E-state index in [1.807, 2.05) is 72.0 Å². The molecule has 0 aliphatic heterocycles. The first kappa shape index (κ1) is 15.3. The van der Waals surface area contributed by atoms with Crippen molar-refractivity contribution >= 4 is 43.8 Å². The normalized spacial score (nSPS) is 11.5. The Balaban J connectivity index is 2.33. The lowest BCUT2D eigenvalue weighted by Crippen LogP contribution is -2.41. The van der Waals surface area contributed by atoms with Gasteiger partial charge >= 0.3 is 17.0 Å². The number of rotatable bonds is 3. The fraction of sp³-hybridized carbons (Fsp3) is 0.250. The summed E-state index contributed by atoms with van der Waals surface area (Å²) < 4.78 is 14.1. The van der Waals surface area contributed by atoms with Crippen LogP contribution in [0.25, 0.3) is 0 Å². The van der Waals surface area contributed by atoms with E-state index in [2.05, 4.69) is 13.4 Å². The molecule has 3 aromatic heterocycles. The van der Waals surface area contributed by atoms with E-state index in [0.717, 1.165) is 14.3 Å². The molecule has 0 saturated heterocycles. The fourth-order valence-corrected chi connectivity index (χ4v) is 3.38. The smallest absolute Gasteiger partial charge is 0.463 e. The second kappa shape index (κ2) is 5.52. The summed E-state index contributed by atoms with van der Waals surface area (Å²) in [6.07, 6.45) is 11.8. The van der Waals surface area contributed by atoms with Crippen LogP contribution in [0.4, 0.5) is 0 Å². The summed E-state index contributed by atoms with van der Waals surface area (Å²) >= 11 is 16.6. The van der Waals surface area contributed by atoms with Crippen molar-refractivity contribution in [3.63, 3.8) is 0 Å². The molecule has 0 N–H and O–H groups in total. The van der Waals surface area contributed by atoms with Gasteiger partial charge in [-0.05, 0) is 43.0 Å². The second-order valence-corrected chi connectivity index (χ2v) is 6.50. The Hall–Kier alpha value is -1.65. The standard InChI is InChI=1S/C12H16BN6S3/c1-14-4-7-17(10(14)20)13(18-8-5-15(2)11(18)21)19-9-6-16(3)12(19)22/h4-9,13H,1-3H3. The molecule has 3 heterocycles. The first-order chi connectivity index (χ1) is 10.4.